The number of β-amino-alcohol motifs (C(OH)–C–C–N with tert-alkyl or cyclic N) is 1. The average molecular weight is 261 g/mol. The summed E-state index contributed by atoms with van der Waals surface area (Å²) in [6.45, 7) is 2.54. The molecule has 0 spiro atoms. The first-order chi connectivity index (χ1) is 8.81. The Bertz CT molecular complexity index is 514. The number of hydrogen-bond donors (Lipinski definition) is 1. The minimum atomic E-state index is -0.168. The molecule has 2 aromatic heterocycles. The zero-order chi connectivity index (χ0) is 12.4. The van der Waals surface area contributed by atoms with Crippen molar-refractivity contribution in [3.8, 4) is 10.7 Å². The summed E-state index contributed by atoms with van der Waals surface area (Å²) in [7, 11) is 0. The summed E-state index contributed by atoms with van der Waals surface area (Å²) < 4.78 is 0. The molecule has 1 aliphatic heterocycles. The van der Waals surface area contributed by atoms with Crippen LogP contribution in [-0.4, -0.2) is 39.2 Å². The van der Waals surface area contributed by atoms with Gasteiger partial charge in [-0.05, 0) is 18.6 Å². The van der Waals surface area contributed by atoms with Crippen molar-refractivity contribution in [2.24, 2.45) is 0 Å². The molecule has 0 saturated carbocycles. The van der Waals surface area contributed by atoms with Crippen molar-refractivity contribution in [2.75, 3.05) is 13.1 Å². The molecule has 0 unspecified atom stereocenters. The summed E-state index contributed by atoms with van der Waals surface area (Å²) in [6, 6.07) is 5.85. The quantitative estimate of drug-likeness (QED) is 0.915. The first kappa shape index (κ1) is 11.8. The van der Waals surface area contributed by atoms with Crippen LogP contribution in [0.4, 0.5) is 0 Å². The molecule has 4 nitrogen and oxygen atoms in total. The zero-order valence-corrected chi connectivity index (χ0v) is 10.8. The van der Waals surface area contributed by atoms with Crippen molar-refractivity contribution in [2.45, 2.75) is 19.1 Å². The van der Waals surface area contributed by atoms with Crippen molar-refractivity contribution in [3.63, 3.8) is 0 Å². The van der Waals surface area contributed by atoms with E-state index in [4.69, 9.17) is 0 Å². The molecule has 18 heavy (non-hydrogen) atoms. The van der Waals surface area contributed by atoms with Crippen molar-refractivity contribution < 1.29 is 5.11 Å². The highest BCUT2D eigenvalue weighted by atomic mass is 32.1. The molecule has 1 fully saturated rings. The number of thiazole rings is 1. The monoisotopic (exact) mass is 261 g/mol. The Morgan fingerprint density at radius 1 is 1.44 bits per heavy atom. The van der Waals surface area contributed by atoms with E-state index in [9.17, 15) is 5.11 Å². The van der Waals surface area contributed by atoms with Gasteiger partial charge in [0.2, 0.25) is 0 Å². The fourth-order valence-corrected chi connectivity index (χ4v) is 2.96. The molecule has 0 aromatic carbocycles. The number of nitrogens with zero attached hydrogens (tertiary/aromatic N) is 3. The number of aliphatic hydroxyl groups is 1. The Kier molecular flexibility index (Phi) is 3.36. The van der Waals surface area contributed by atoms with Crippen LogP contribution in [0.2, 0.25) is 0 Å². The molecule has 1 atom stereocenters. The number of pyridine rings is 1. The molecular formula is C13H15N3OS. The van der Waals surface area contributed by atoms with E-state index in [-0.39, 0.29) is 6.10 Å². The molecule has 3 rings (SSSR count). The Morgan fingerprint density at radius 2 is 2.39 bits per heavy atom. The lowest BCUT2D eigenvalue weighted by molar-refractivity contribution is 0.174. The van der Waals surface area contributed by atoms with Gasteiger partial charge < -0.3 is 5.11 Å². The molecule has 0 bridgehead atoms. The van der Waals surface area contributed by atoms with Gasteiger partial charge in [0.05, 0.1) is 17.5 Å². The second-order valence-electron chi connectivity index (χ2n) is 4.54. The second-order valence-corrected chi connectivity index (χ2v) is 5.39. The van der Waals surface area contributed by atoms with Crippen LogP contribution in [0.3, 0.4) is 0 Å². The third-order valence-corrected chi connectivity index (χ3v) is 3.98. The topological polar surface area (TPSA) is 49.2 Å². The molecule has 2 aromatic rings. The third-order valence-electron chi connectivity index (χ3n) is 3.07. The predicted molar refractivity (Wildman–Crippen MR) is 71.2 cm³/mol. The van der Waals surface area contributed by atoms with Gasteiger partial charge in [-0.2, -0.15) is 0 Å². The van der Waals surface area contributed by atoms with Gasteiger partial charge in [0.1, 0.15) is 5.01 Å². The summed E-state index contributed by atoms with van der Waals surface area (Å²) in [4.78, 5) is 11.1. The van der Waals surface area contributed by atoms with E-state index >= 15 is 0 Å². The van der Waals surface area contributed by atoms with E-state index in [1.807, 2.05) is 18.2 Å². The van der Waals surface area contributed by atoms with Gasteiger partial charge in [-0.25, -0.2) is 4.98 Å². The number of aliphatic hydroxyl groups excluding tert-OH is 1. The third kappa shape index (κ3) is 2.58. The maximum absolute atomic E-state index is 9.49. The SMILES string of the molecule is O[C@@H]1CCN(Cc2csc(-c3ccccn3)n2)C1. The molecule has 1 saturated heterocycles. The second kappa shape index (κ2) is 5.14. The molecule has 0 amide bonds. The standard InChI is InChI=1S/C13H15N3OS/c17-11-4-6-16(8-11)7-10-9-18-13(15-10)12-3-1-2-5-14-12/h1-3,5,9,11,17H,4,6-8H2/t11-/m1/s1. The van der Waals surface area contributed by atoms with E-state index in [2.05, 4.69) is 20.2 Å². The summed E-state index contributed by atoms with van der Waals surface area (Å²) in [5.74, 6) is 0. The van der Waals surface area contributed by atoms with Gasteiger partial charge in [-0.3, -0.25) is 9.88 Å². The van der Waals surface area contributed by atoms with Crippen molar-refractivity contribution in [1.29, 1.82) is 0 Å². The molecular weight excluding hydrogens is 246 g/mol. The lowest BCUT2D eigenvalue weighted by atomic mass is 10.3. The van der Waals surface area contributed by atoms with Gasteiger partial charge in [0.25, 0.3) is 0 Å². The van der Waals surface area contributed by atoms with Crippen LogP contribution in [0.1, 0.15) is 12.1 Å². The summed E-state index contributed by atoms with van der Waals surface area (Å²) in [5.41, 5.74) is 1.99. The minimum absolute atomic E-state index is 0.168. The Hall–Kier alpha value is -1.30. The van der Waals surface area contributed by atoms with Gasteiger partial charge >= 0.3 is 0 Å². The first-order valence-corrected chi connectivity index (χ1v) is 6.95. The van der Waals surface area contributed by atoms with E-state index < -0.39 is 0 Å². The molecule has 94 valence electrons. The summed E-state index contributed by atoms with van der Waals surface area (Å²) in [6.07, 6.45) is 2.49. The molecule has 1 N–H and O–H groups in total. The summed E-state index contributed by atoms with van der Waals surface area (Å²) >= 11 is 1.62. The van der Waals surface area contributed by atoms with Crippen LogP contribution in [0.5, 0.6) is 0 Å². The zero-order valence-electron chi connectivity index (χ0n) is 9.99. The molecule has 0 aliphatic carbocycles. The van der Waals surface area contributed by atoms with Crippen molar-refractivity contribution >= 4 is 11.3 Å². The van der Waals surface area contributed by atoms with E-state index in [1.54, 1.807) is 17.5 Å². The van der Waals surface area contributed by atoms with Gasteiger partial charge in [0, 0.05) is 31.2 Å². The Labute approximate surface area is 110 Å². The van der Waals surface area contributed by atoms with Crippen molar-refractivity contribution in [3.05, 3.63) is 35.5 Å². The lowest BCUT2D eigenvalue weighted by Gasteiger charge is -2.12. The normalized spacial score (nSPS) is 20.4. The molecule has 1 aliphatic rings. The van der Waals surface area contributed by atoms with Crippen LogP contribution >= 0.6 is 11.3 Å². The number of aromatic nitrogens is 2. The van der Waals surface area contributed by atoms with Gasteiger partial charge in [0.15, 0.2) is 0 Å². The highest BCUT2D eigenvalue weighted by Gasteiger charge is 2.20. The van der Waals surface area contributed by atoms with E-state index in [0.717, 1.165) is 42.5 Å². The molecule has 5 heteroatoms. The van der Waals surface area contributed by atoms with E-state index in [0.29, 0.717) is 0 Å². The van der Waals surface area contributed by atoms with Crippen LogP contribution < -0.4 is 0 Å². The van der Waals surface area contributed by atoms with Crippen LogP contribution in [0, 0.1) is 0 Å². The first-order valence-electron chi connectivity index (χ1n) is 6.07. The van der Waals surface area contributed by atoms with Gasteiger partial charge in [-0.15, -0.1) is 11.3 Å². The van der Waals surface area contributed by atoms with Gasteiger partial charge in [-0.1, -0.05) is 6.07 Å². The molecule has 3 heterocycles. The fraction of sp³-hybridized carbons (Fsp3) is 0.385. The van der Waals surface area contributed by atoms with Crippen LogP contribution in [-0.2, 0) is 6.54 Å². The largest absolute Gasteiger partial charge is 0.392 e. The smallest absolute Gasteiger partial charge is 0.142 e. The van der Waals surface area contributed by atoms with Crippen LogP contribution in [0.15, 0.2) is 29.8 Å². The number of likely N-dealkylation sites (tertiary alicyclic amines) is 1. The highest BCUT2D eigenvalue weighted by molar-refractivity contribution is 7.13. The van der Waals surface area contributed by atoms with Crippen molar-refractivity contribution in [1.82, 2.24) is 14.9 Å². The average Bonchev–Trinajstić information content (AvgIpc) is 3.01. The highest BCUT2D eigenvalue weighted by Crippen LogP contribution is 2.22. The maximum atomic E-state index is 9.49. The molecule has 0 radical (unpaired) electrons. The Balaban J connectivity index is 1.70. The predicted octanol–water partition coefficient (Wildman–Crippen LogP) is 1.77. The minimum Gasteiger partial charge on any atom is -0.392 e. The summed E-state index contributed by atoms with van der Waals surface area (Å²) in [5, 5.41) is 12.5. The van der Waals surface area contributed by atoms with E-state index in [1.165, 1.54) is 0 Å². The lowest BCUT2D eigenvalue weighted by Crippen LogP contribution is -2.21. The fourth-order valence-electron chi connectivity index (χ4n) is 2.17. The van der Waals surface area contributed by atoms with Crippen LogP contribution in [0.25, 0.3) is 10.7 Å². The number of hydrogen-bond acceptors (Lipinski definition) is 5. The maximum Gasteiger partial charge on any atom is 0.142 e. The Morgan fingerprint density at radius 3 is 3.11 bits per heavy atom. The number of rotatable bonds is 3.